The largest absolute Gasteiger partial charge is 0.340 e. The minimum atomic E-state index is -0.702. The lowest BCUT2D eigenvalue weighted by atomic mass is 10.0. The van der Waals surface area contributed by atoms with Crippen molar-refractivity contribution >= 4 is 11.8 Å². The summed E-state index contributed by atoms with van der Waals surface area (Å²) < 4.78 is 0. The van der Waals surface area contributed by atoms with E-state index in [9.17, 15) is 9.59 Å². The van der Waals surface area contributed by atoms with Gasteiger partial charge in [0.1, 0.15) is 6.04 Å². The van der Waals surface area contributed by atoms with E-state index in [-0.39, 0.29) is 11.8 Å². The van der Waals surface area contributed by atoms with Crippen LogP contribution in [0.1, 0.15) is 22.8 Å². The van der Waals surface area contributed by atoms with Crippen LogP contribution in [0.5, 0.6) is 0 Å². The average molecular weight is 323 g/mol. The topological polar surface area (TPSA) is 70.2 Å². The van der Waals surface area contributed by atoms with Gasteiger partial charge in [-0.2, -0.15) is 0 Å². The van der Waals surface area contributed by atoms with Gasteiger partial charge in [0.2, 0.25) is 0 Å². The van der Waals surface area contributed by atoms with Crippen molar-refractivity contribution in [1.29, 1.82) is 0 Å². The van der Waals surface area contributed by atoms with Crippen LogP contribution in [0.2, 0.25) is 0 Å². The number of amides is 2. The van der Waals surface area contributed by atoms with Gasteiger partial charge in [-0.25, -0.2) is 0 Å². The Morgan fingerprint density at radius 3 is 2.12 bits per heavy atom. The Hall–Kier alpha value is -3.08. The molecule has 0 aliphatic heterocycles. The lowest BCUT2D eigenvalue weighted by Gasteiger charge is -2.19. The first-order valence-corrected chi connectivity index (χ1v) is 7.67. The molecule has 0 saturated heterocycles. The number of benzene rings is 2. The molecule has 0 aliphatic carbocycles. The molecule has 124 valence electrons. The molecule has 2 aromatic carbocycles. The van der Waals surface area contributed by atoms with Crippen molar-refractivity contribution in [1.82, 2.24) is 16.2 Å². The maximum atomic E-state index is 12.4. The highest BCUT2D eigenvalue weighted by molar-refractivity contribution is 5.97. The van der Waals surface area contributed by atoms with Crippen molar-refractivity contribution in [2.24, 2.45) is 0 Å². The molecule has 5 nitrogen and oxygen atoms in total. The monoisotopic (exact) mass is 323 g/mol. The summed E-state index contributed by atoms with van der Waals surface area (Å²) in [5, 5.41) is 2.78. The van der Waals surface area contributed by atoms with Crippen molar-refractivity contribution in [2.75, 3.05) is 0 Å². The normalized spacial score (nSPS) is 11.2. The van der Waals surface area contributed by atoms with Gasteiger partial charge < -0.3 is 10.7 Å². The molecular formula is C19H21N3O2. The Bertz CT molecular complexity index is 699. The summed E-state index contributed by atoms with van der Waals surface area (Å²) in [6, 6.07) is 17.6. The van der Waals surface area contributed by atoms with Gasteiger partial charge >= 0.3 is 0 Å². The third kappa shape index (κ3) is 5.28. The molecule has 0 fully saturated rings. The third-order valence-electron chi connectivity index (χ3n) is 3.34. The molecule has 24 heavy (non-hydrogen) atoms. The average Bonchev–Trinajstić information content (AvgIpc) is 2.60. The van der Waals surface area contributed by atoms with Crippen molar-refractivity contribution < 1.29 is 9.59 Å². The summed E-state index contributed by atoms with van der Waals surface area (Å²) in [5.41, 5.74) is 7.31. The molecule has 3 N–H and O–H groups in total. The van der Waals surface area contributed by atoms with E-state index in [0.717, 1.165) is 5.56 Å². The van der Waals surface area contributed by atoms with Crippen molar-refractivity contribution in [3.05, 3.63) is 84.1 Å². The molecule has 5 heteroatoms. The van der Waals surface area contributed by atoms with E-state index in [2.05, 4.69) is 22.7 Å². The Kier molecular flexibility index (Phi) is 6.14. The van der Waals surface area contributed by atoms with Crippen LogP contribution in [0.3, 0.4) is 0 Å². The van der Waals surface area contributed by atoms with E-state index in [1.54, 1.807) is 31.2 Å². The first-order chi connectivity index (χ1) is 11.6. The Balaban J connectivity index is 2.11. The number of nitrogens with one attached hydrogen (secondary N) is 3. The first kappa shape index (κ1) is 17.3. The number of hydrogen-bond acceptors (Lipinski definition) is 3. The number of carbonyl (C=O) groups is 2. The Morgan fingerprint density at radius 2 is 1.54 bits per heavy atom. The van der Waals surface area contributed by atoms with E-state index >= 15 is 0 Å². The van der Waals surface area contributed by atoms with Gasteiger partial charge in [0.15, 0.2) is 0 Å². The number of hydrogen-bond donors (Lipinski definition) is 3. The maximum absolute atomic E-state index is 12.4. The van der Waals surface area contributed by atoms with Gasteiger partial charge in [0, 0.05) is 17.7 Å². The van der Waals surface area contributed by atoms with Crippen LogP contribution >= 0.6 is 0 Å². The quantitative estimate of drug-likeness (QED) is 0.684. The van der Waals surface area contributed by atoms with Crippen LogP contribution in [-0.2, 0) is 11.2 Å². The molecule has 0 aromatic heterocycles. The number of carbonyl (C=O) groups excluding carboxylic acids is 2. The molecule has 1 atom stereocenters. The van der Waals surface area contributed by atoms with E-state index in [0.29, 0.717) is 17.7 Å². The van der Waals surface area contributed by atoms with Crippen LogP contribution < -0.4 is 16.2 Å². The summed E-state index contributed by atoms with van der Waals surface area (Å²) in [5.74, 6) is -0.617. The van der Waals surface area contributed by atoms with Crippen molar-refractivity contribution in [2.45, 2.75) is 19.4 Å². The maximum Gasteiger partial charge on any atom is 0.261 e. The fourth-order valence-corrected chi connectivity index (χ4v) is 2.15. The van der Waals surface area contributed by atoms with Crippen LogP contribution in [0.25, 0.3) is 0 Å². The second kappa shape index (κ2) is 8.53. The van der Waals surface area contributed by atoms with E-state index < -0.39 is 6.04 Å². The predicted molar refractivity (Wildman–Crippen MR) is 93.9 cm³/mol. The van der Waals surface area contributed by atoms with Gasteiger partial charge in [0.05, 0.1) is 0 Å². The number of hydrazine groups is 1. The molecule has 0 bridgehead atoms. The van der Waals surface area contributed by atoms with Crippen LogP contribution in [0.15, 0.2) is 72.9 Å². The minimum Gasteiger partial charge on any atom is -0.340 e. The zero-order chi connectivity index (χ0) is 17.4. The summed E-state index contributed by atoms with van der Waals surface area (Å²) >= 11 is 0. The molecule has 2 aromatic rings. The van der Waals surface area contributed by atoms with E-state index in [1.165, 1.54) is 0 Å². The molecule has 0 radical (unpaired) electrons. The van der Waals surface area contributed by atoms with Crippen LogP contribution in [0.4, 0.5) is 0 Å². The predicted octanol–water partition coefficient (Wildman–Crippen LogP) is 2.18. The molecule has 2 amide bonds. The van der Waals surface area contributed by atoms with Gasteiger partial charge in [0.25, 0.3) is 11.8 Å². The van der Waals surface area contributed by atoms with E-state index in [1.807, 2.05) is 36.4 Å². The smallest absolute Gasteiger partial charge is 0.261 e. The number of allylic oxidation sites excluding steroid dienone is 1. The molecule has 2 rings (SSSR count). The summed E-state index contributed by atoms with van der Waals surface area (Å²) in [6.45, 7) is 5.40. The molecule has 0 spiro atoms. The minimum absolute atomic E-state index is 0.290. The van der Waals surface area contributed by atoms with Gasteiger partial charge in [-0.1, -0.05) is 55.1 Å². The second-order valence-corrected chi connectivity index (χ2v) is 5.48. The second-order valence-electron chi connectivity index (χ2n) is 5.48. The standard InChI is InChI=1S/C19H21N3O2/c1-14(2)21-22-19(24)17(13-15-9-5-3-6-10-15)20-18(23)16-11-7-4-8-12-16/h3-12,17,21H,1,13H2,2H3,(H,20,23)(H,22,24). The summed E-state index contributed by atoms with van der Waals surface area (Å²) in [7, 11) is 0. The summed E-state index contributed by atoms with van der Waals surface area (Å²) in [4.78, 5) is 24.7. The van der Waals surface area contributed by atoms with Gasteiger partial charge in [-0.3, -0.25) is 15.0 Å². The highest BCUT2D eigenvalue weighted by Crippen LogP contribution is 2.05. The summed E-state index contributed by atoms with van der Waals surface area (Å²) in [6.07, 6.45) is 0.392. The van der Waals surface area contributed by atoms with E-state index in [4.69, 9.17) is 0 Å². The van der Waals surface area contributed by atoms with Gasteiger partial charge in [-0.15, -0.1) is 0 Å². The lowest BCUT2D eigenvalue weighted by molar-refractivity contribution is -0.123. The highest BCUT2D eigenvalue weighted by atomic mass is 16.2. The lowest BCUT2D eigenvalue weighted by Crippen LogP contribution is -2.51. The van der Waals surface area contributed by atoms with Crippen molar-refractivity contribution in [3.8, 4) is 0 Å². The zero-order valence-corrected chi connectivity index (χ0v) is 13.6. The molecule has 0 saturated carbocycles. The van der Waals surface area contributed by atoms with Crippen LogP contribution in [0, 0.1) is 0 Å². The molecular weight excluding hydrogens is 302 g/mol. The molecule has 1 unspecified atom stereocenters. The van der Waals surface area contributed by atoms with Crippen molar-refractivity contribution in [3.63, 3.8) is 0 Å². The zero-order valence-electron chi connectivity index (χ0n) is 13.6. The SMILES string of the molecule is C=C(C)NNC(=O)C(Cc1ccccc1)NC(=O)c1ccccc1. The highest BCUT2D eigenvalue weighted by Gasteiger charge is 2.21. The third-order valence-corrected chi connectivity index (χ3v) is 3.34. The molecule has 0 aliphatic rings. The Labute approximate surface area is 141 Å². The first-order valence-electron chi connectivity index (χ1n) is 7.67. The van der Waals surface area contributed by atoms with Gasteiger partial charge in [-0.05, 0) is 24.6 Å². The number of rotatable bonds is 7. The fraction of sp³-hybridized carbons (Fsp3) is 0.158. The van der Waals surface area contributed by atoms with Crippen LogP contribution in [-0.4, -0.2) is 17.9 Å². The molecule has 0 heterocycles. The fourth-order valence-electron chi connectivity index (χ4n) is 2.15. The Morgan fingerprint density at radius 1 is 0.958 bits per heavy atom.